The summed E-state index contributed by atoms with van der Waals surface area (Å²) >= 11 is 0. The fraction of sp³-hybridized carbons (Fsp3) is 0.727. The first-order valence-electron chi connectivity index (χ1n) is 5.86. The van der Waals surface area contributed by atoms with Gasteiger partial charge in [-0.1, -0.05) is 20.3 Å². The molecule has 7 nitrogen and oxygen atoms in total. The quantitative estimate of drug-likeness (QED) is 0.470. The van der Waals surface area contributed by atoms with Gasteiger partial charge in [-0.25, -0.2) is 4.79 Å². The number of carboxylic acids is 1. The van der Waals surface area contributed by atoms with Crippen molar-refractivity contribution < 1.29 is 19.5 Å². The van der Waals surface area contributed by atoms with Crippen LogP contribution >= 0.6 is 0 Å². The van der Waals surface area contributed by atoms with Crippen molar-refractivity contribution in [1.29, 1.82) is 0 Å². The standard InChI is InChI=1S/C11H21N3O4/c1-4-6(2)9(11(17)18)14-10(16)7(3)13-8(15)5-12/h6-7,9H,4-5,12H2,1-3H3,(H,13,15)(H,14,16)(H,17,18)/t6?,7-,9-/m0/s1. The Labute approximate surface area is 106 Å². The van der Waals surface area contributed by atoms with Gasteiger partial charge in [0.1, 0.15) is 12.1 Å². The fourth-order valence-corrected chi connectivity index (χ4v) is 1.33. The molecule has 0 aromatic rings. The van der Waals surface area contributed by atoms with Crippen LogP contribution in [0.3, 0.4) is 0 Å². The molecular weight excluding hydrogens is 238 g/mol. The molecule has 0 rings (SSSR count). The first kappa shape index (κ1) is 16.4. The molecule has 104 valence electrons. The lowest BCUT2D eigenvalue weighted by Gasteiger charge is -2.22. The van der Waals surface area contributed by atoms with E-state index < -0.39 is 29.9 Å². The van der Waals surface area contributed by atoms with Gasteiger partial charge in [0.05, 0.1) is 6.54 Å². The number of nitrogens with two attached hydrogens (primary N) is 1. The van der Waals surface area contributed by atoms with Gasteiger partial charge in [-0.05, 0) is 12.8 Å². The first-order valence-corrected chi connectivity index (χ1v) is 5.86. The Balaban J connectivity index is 4.50. The predicted molar refractivity (Wildman–Crippen MR) is 65.7 cm³/mol. The van der Waals surface area contributed by atoms with Crippen molar-refractivity contribution in [1.82, 2.24) is 10.6 Å². The highest BCUT2D eigenvalue weighted by Gasteiger charge is 2.27. The maximum Gasteiger partial charge on any atom is 0.326 e. The minimum atomic E-state index is -1.09. The summed E-state index contributed by atoms with van der Waals surface area (Å²) in [6.07, 6.45) is 0.626. The number of rotatable bonds is 7. The van der Waals surface area contributed by atoms with Crippen LogP contribution in [0.15, 0.2) is 0 Å². The van der Waals surface area contributed by atoms with Crippen LogP contribution in [0.1, 0.15) is 27.2 Å². The van der Waals surface area contributed by atoms with Crippen molar-refractivity contribution in [2.24, 2.45) is 11.7 Å². The SMILES string of the molecule is CCC(C)[C@H](NC(=O)[C@H](C)NC(=O)CN)C(=O)O. The van der Waals surface area contributed by atoms with E-state index in [4.69, 9.17) is 10.8 Å². The van der Waals surface area contributed by atoms with Crippen LogP contribution in [-0.2, 0) is 14.4 Å². The normalized spacial score (nSPS) is 15.3. The second kappa shape index (κ2) is 7.65. The molecule has 0 saturated heterocycles. The van der Waals surface area contributed by atoms with Gasteiger partial charge < -0.3 is 21.5 Å². The number of carbonyl (C=O) groups excluding carboxylic acids is 2. The van der Waals surface area contributed by atoms with E-state index in [0.29, 0.717) is 6.42 Å². The molecule has 7 heteroatoms. The van der Waals surface area contributed by atoms with Gasteiger partial charge in [-0.3, -0.25) is 9.59 Å². The van der Waals surface area contributed by atoms with Crippen LogP contribution in [0.2, 0.25) is 0 Å². The molecule has 0 spiro atoms. The highest BCUT2D eigenvalue weighted by atomic mass is 16.4. The molecule has 5 N–H and O–H groups in total. The van der Waals surface area contributed by atoms with E-state index in [1.165, 1.54) is 6.92 Å². The zero-order chi connectivity index (χ0) is 14.3. The second-order valence-corrected chi connectivity index (χ2v) is 4.20. The second-order valence-electron chi connectivity index (χ2n) is 4.20. The van der Waals surface area contributed by atoms with Gasteiger partial charge in [0.2, 0.25) is 11.8 Å². The van der Waals surface area contributed by atoms with Crippen molar-refractivity contribution in [3.63, 3.8) is 0 Å². The number of amides is 2. The van der Waals surface area contributed by atoms with Crippen LogP contribution in [0, 0.1) is 5.92 Å². The molecule has 0 aliphatic rings. The highest BCUT2D eigenvalue weighted by Crippen LogP contribution is 2.08. The number of aliphatic carboxylic acids is 1. The molecule has 0 radical (unpaired) electrons. The van der Waals surface area contributed by atoms with E-state index >= 15 is 0 Å². The van der Waals surface area contributed by atoms with Crippen molar-refractivity contribution in [3.05, 3.63) is 0 Å². The van der Waals surface area contributed by atoms with Crippen LogP contribution in [0.4, 0.5) is 0 Å². The molecule has 0 bridgehead atoms. The summed E-state index contributed by atoms with van der Waals surface area (Å²) in [5.74, 6) is -2.28. The molecule has 0 aromatic heterocycles. The third-order valence-electron chi connectivity index (χ3n) is 2.73. The Morgan fingerprint density at radius 3 is 2.17 bits per heavy atom. The van der Waals surface area contributed by atoms with E-state index in [9.17, 15) is 14.4 Å². The monoisotopic (exact) mass is 259 g/mol. The highest BCUT2D eigenvalue weighted by molar-refractivity contribution is 5.90. The van der Waals surface area contributed by atoms with Gasteiger partial charge in [0.25, 0.3) is 0 Å². The lowest BCUT2D eigenvalue weighted by atomic mass is 9.99. The topological polar surface area (TPSA) is 122 Å². The van der Waals surface area contributed by atoms with Crippen LogP contribution in [0.25, 0.3) is 0 Å². The number of nitrogens with one attached hydrogen (secondary N) is 2. The van der Waals surface area contributed by atoms with E-state index in [2.05, 4.69) is 10.6 Å². The molecule has 0 heterocycles. The number of hydrogen-bond acceptors (Lipinski definition) is 4. The fourth-order valence-electron chi connectivity index (χ4n) is 1.33. The Morgan fingerprint density at radius 1 is 1.22 bits per heavy atom. The van der Waals surface area contributed by atoms with Gasteiger partial charge >= 0.3 is 5.97 Å². The Morgan fingerprint density at radius 2 is 1.78 bits per heavy atom. The lowest BCUT2D eigenvalue weighted by molar-refractivity contribution is -0.143. The number of hydrogen-bond donors (Lipinski definition) is 4. The molecular formula is C11H21N3O4. The Kier molecular flexibility index (Phi) is 6.96. The summed E-state index contributed by atoms with van der Waals surface area (Å²) in [5.41, 5.74) is 5.10. The summed E-state index contributed by atoms with van der Waals surface area (Å²) in [6.45, 7) is 4.83. The number of carboxylic acid groups (broad SMARTS) is 1. The third kappa shape index (κ3) is 5.13. The summed E-state index contributed by atoms with van der Waals surface area (Å²) in [7, 11) is 0. The maximum absolute atomic E-state index is 11.7. The van der Waals surface area contributed by atoms with E-state index in [0.717, 1.165) is 0 Å². The summed E-state index contributed by atoms with van der Waals surface area (Å²) < 4.78 is 0. The molecule has 0 aliphatic carbocycles. The lowest BCUT2D eigenvalue weighted by Crippen LogP contribution is -2.53. The van der Waals surface area contributed by atoms with Crippen LogP contribution in [0.5, 0.6) is 0 Å². The average Bonchev–Trinajstić information content (AvgIpc) is 2.33. The molecule has 18 heavy (non-hydrogen) atoms. The Bertz CT molecular complexity index is 319. The van der Waals surface area contributed by atoms with Crippen molar-refractivity contribution in [3.8, 4) is 0 Å². The van der Waals surface area contributed by atoms with E-state index in [1.54, 1.807) is 6.92 Å². The van der Waals surface area contributed by atoms with E-state index in [1.807, 2.05) is 6.92 Å². The smallest absolute Gasteiger partial charge is 0.326 e. The Hall–Kier alpha value is -1.63. The van der Waals surface area contributed by atoms with Gasteiger partial charge in [-0.15, -0.1) is 0 Å². The zero-order valence-electron chi connectivity index (χ0n) is 10.9. The first-order chi connectivity index (χ1) is 8.33. The average molecular weight is 259 g/mol. The van der Waals surface area contributed by atoms with Crippen molar-refractivity contribution in [2.45, 2.75) is 39.3 Å². The van der Waals surface area contributed by atoms with Crippen molar-refractivity contribution in [2.75, 3.05) is 6.54 Å². The van der Waals surface area contributed by atoms with Crippen molar-refractivity contribution >= 4 is 17.8 Å². The van der Waals surface area contributed by atoms with Gasteiger partial charge in [0, 0.05) is 0 Å². The molecule has 0 aromatic carbocycles. The molecule has 3 atom stereocenters. The summed E-state index contributed by atoms with van der Waals surface area (Å²) in [5, 5.41) is 13.8. The predicted octanol–water partition coefficient (Wildman–Crippen LogP) is -0.935. The molecule has 0 saturated carbocycles. The molecule has 1 unspecified atom stereocenters. The zero-order valence-corrected chi connectivity index (χ0v) is 10.9. The van der Waals surface area contributed by atoms with Gasteiger partial charge in [0.15, 0.2) is 0 Å². The molecule has 0 fully saturated rings. The summed E-state index contributed by atoms with van der Waals surface area (Å²) in [6, 6.07) is -1.77. The maximum atomic E-state index is 11.7. The van der Waals surface area contributed by atoms with Crippen LogP contribution in [-0.4, -0.2) is 41.5 Å². The largest absolute Gasteiger partial charge is 0.480 e. The van der Waals surface area contributed by atoms with Crippen LogP contribution < -0.4 is 16.4 Å². The minimum absolute atomic E-state index is 0.191. The summed E-state index contributed by atoms with van der Waals surface area (Å²) in [4.78, 5) is 33.7. The molecule has 2 amide bonds. The minimum Gasteiger partial charge on any atom is -0.480 e. The van der Waals surface area contributed by atoms with Gasteiger partial charge in [-0.2, -0.15) is 0 Å². The third-order valence-corrected chi connectivity index (χ3v) is 2.73. The van der Waals surface area contributed by atoms with E-state index in [-0.39, 0.29) is 12.5 Å². The molecule has 0 aliphatic heterocycles. The number of carbonyl (C=O) groups is 3.